The molecule has 0 atom stereocenters. The molecule has 0 heterocycles. The first kappa shape index (κ1) is 13.1. The Hall–Kier alpha value is -1.95. The van der Waals surface area contributed by atoms with Gasteiger partial charge in [-0.3, -0.25) is 4.79 Å². The second-order valence-corrected chi connectivity index (χ2v) is 3.45. The van der Waals surface area contributed by atoms with Gasteiger partial charge in [-0.1, -0.05) is 11.6 Å². The molecular formula is C10H11ClN2O4. The van der Waals surface area contributed by atoms with E-state index in [-0.39, 0.29) is 0 Å². The molecule has 0 bridgehead atoms. The lowest BCUT2D eigenvalue weighted by Gasteiger charge is -2.08. The first-order valence-corrected chi connectivity index (χ1v) is 5.01. The van der Waals surface area contributed by atoms with E-state index in [0.717, 1.165) is 0 Å². The molecule has 0 unspecified atom stereocenters. The topological polar surface area (TPSA) is 87.7 Å². The van der Waals surface area contributed by atoms with Crippen LogP contribution in [0.2, 0.25) is 5.02 Å². The zero-order valence-electron chi connectivity index (χ0n) is 8.99. The molecule has 0 spiro atoms. The summed E-state index contributed by atoms with van der Waals surface area (Å²) in [6.45, 7) is -0.459. The fourth-order valence-corrected chi connectivity index (χ4v) is 1.26. The number of urea groups is 1. The van der Waals surface area contributed by atoms with E-state index in [9.17, 15) is 9.59 Å². The van der Waals surface area contributed by atoms with E-state index in [0.29, 0.717) is 16.5 Å². The molecule has 0 saturated heterocycles. The van der Waals surface area contributed by atoms with Crippen molar-refractivity contribution in [1.29, 1.82) is 0 Å². The van der Waals surface area contributed by atoms with Gasteiger partial charge in [0.05, 0.1) is 17.8 Å². The van der Waals surface area contributed by atoms with Crippen LogP contribution in [0.3, 0.4) is 0 Å². The van der Waals surface area contributed by atoms with Crippen LogP contribution in [0.4, 0.5) is 10.5 Å². The van der Waals surface area contributed by atoms with Crippen molar-refractivity contribution in [1.82, 2.24) is 5.32 Å². The molecule has 3 N–H and O–H groups in total. The number of carbonyl (C=O) groups excluding carboxylic acids is 1. The van der Waals surface area contributed by atoms with Gasteiger partial charge in [0.1, 0.15) is 12.3 Å². The van der Waals surface area contributed by atoms with Gasteiger partial charge in [0.25, 0.3) is 0 Å². The lowest BCUT2D eigenvalue weighted by molar-refractivity contribution is -0.135. The predicted octanol–water partition coefficient (Wildman–Crippen LogP) is 1.55. The third-order valence-corrected chi connectivity index (χ3v) is 2.14. The van der Waals surface area contributed by atoms with Gasteiger partial charge in [-0.2, -0.15) is 0 Å². The van der Waals surface area contributed by atoms with E-state index < -0.39 is 18.5 Å². The first-order chi connectivity index (χ1) is 8.02. The minimum atomic E-state index is -1.12. The van der Waals surface area contributed by atoms with Crippen molar-refractivity contribution in [3.8, 4) is 5.75 Å². The van der Waals surface area contributed by atoms with Gasteiger partial charge in [-0.15, -0.1) is 0 Å². The van der Waals surface area contributed by atoms with Gasteiger partial charge in [-0.25, -0.2) is 4.79 Å². The van der Waals surface area contributed by atoms with E-state index in [4.69, 9.17) is 21.4 Å². The molecule has 0 fully saturated rings. The van der Waals surface area contributed by atoms with Crippen LogP contribution in [0.5, 0.6) is 5.75 Å². The van der Waals surface area contributed by atoms with Gasteiger partial charge in [0, 0.05) is 6.07 Å². The lowest BCUT2D eigenvalue weighted by Crippen LogP contribution is -2.33. The van der Waals surface area contributed by atoms with Crippen molar-refractivity contribution >= 4 is 29.3 Å². The average Bonchev–Trinajstić information content (AvgIpc) is 2.29. The minimum Gasteiger partial charge on any atom is -0.497 e. The van der Waals surface area contributed by atoms with Crippen molar-refractivity contribution in [3.63, 3.8) is 0 Å². The second-order valence-electron chi connectivity index (χ2n) is 3.05. The maximum atomic E-state index is 11.2. The van der Waals surface area contributed by atoms with Crippen molar-refractivity contribution in [2.24, 2.45) is 0 Å². The number of ether oxygens (including phenoxy) is 1. The Morgan fingerprint density at radius 1 is 1.47 bits per heavy atom. The smallest absolute Gasteiger partial charge is 0.323 e. The third-order valence-electron chi connectivity index (χ3n) is 1.82. The number of rotatable bonds is 4. The molecule has 6 nitrogen and oxygen atoms in total. The van der Waals surface area contributed by atoms with E-state index >= 15 is 0 Å². The highest BCUT2D eigenvalue weighted by Gasteiger charge is 2.07. The Balaban J connectivity index is 2.62. The molecule has 92 valence electrons. The van der Waals surface area contributed by atoms with Crippen molar-refractivity contribution in [2.45, 2.75) is 0 Å². The fraction of sp³-hybridized carbons (Fsp3) is 0.200. The Kier molecular flexibility index (Phi) is 4.59. The zero-order chi connectivity index (χ0) is 12.8. The number of aliphatic carboxylic acids is 1. The molecule has 0 aromatic heterocycles. The van der Waals surface area contributed by atoms with Crippen LogP contribution in [0.15, 0.2) is 18.2 Å². The number of anilines is 1. The van der Waals surface area contributed by atoms with E-state index in [1.807, 2.05) is 0 Å². The molecule has 0 aliphatic carbocycles. The van der Waals surface area contributed by atoms with Crippen molar-refractivity contribution in [2.75, 3.05) is 19.0 Å². The summed E-state index contributed by atoms with van der Waals surface area (Å²) in [7, 11) is 1.50. The molecular weight excluding hydrogens is 248 g/mol. The van der Waals surface area contributed by atoms with E-state index in [2.05, 4.69) is 10.6 Å². The average molecular weight is 259 g/mol. The summed E-state index contributed by atoms with van der Waals surface area (Å²) >= 11 is 5.88. The lowest BCUT2D eigenvalue weighted by atomic mass is 10.3. The van der Waals surface area contributed by atoms with Crippen molar-refractivity contribution in [3.05, 3.63) is 23.2 Å². The van der Waals surface area contributed by atoms with Crippen LogP contribution in [0.1, 0.15) is 0 Å². The fourth-order valence-electron chi connectivity index (χ4n) is 1.05. The SMILES string of the molecule is COc1ccc(NC(=O)NCC(=O)O)c(Cl)c1. The molecule has 7 heteroatoms. The van der Waals surface area contributed by atoms with Gasteiger partial charge in [0.15, 0.2) is 0 Å². The highest BCUT2D eigenvalue weighted by Crippen LogP contribution is 2.26. The summed E-state index contributed by atoms with van der Waals surface area (Å²) in [5.74, 6) is -0.563. The Morgan fingerprint density at radius 3 is 2.71 bits per heavy atom. The van der Waals surface area contributed by atoms with Crippen LogP contribution in [-0.4, -0.2) is 30.8 Å². The Morgan fingerprint density at radius 2 is 2.18 bits per heavy atom. The zero-order valence-corrected chi connectivity index (χ0v) is 9.75. The molecule has 2 amide bonds. The maximum absolute atomic E-state index is 11.2. The van der Waals surface area contributed by atoms with Crippen LogP contribution in [-0.2, 0) is 4.79 Å². The summed E-state index contributed by atoms with van der Waals surface area (Å²) in [5.41, 5.74) is 0.371. The molecule has 17 heavy (non-hydrogen) atoms. The Bertz CT molecular complexity index is 436. The second kappa shape index (κ2) is 5.95. The van der Waals surface area contributed by atoms with Gasteiger partial charge >= 0.3 is 12.0 Å². The predicted molar refractivity (Wildman–Crippen MR) is 62.7 cm³/mol. The molecule has 0 saturated carbocycles. The molecule has 0 aliphatic rings. The largest absolute Gasteiger partial charge is 0.497 e. The molecule has 0 radical (unpaired) electrons. The monoisotopic (exact) mass is 258 g/mol. The van der Waals surface area contributed by atoms with Crippen LogP contribution in [0, 0.1) is 0 Å². The molecule has 1 rings (SSSR count). The molecule has 0 aliphatic heterocycles. The quantitative estimate of drug-likeness (QED) is 0.765. The first-order valence-electron chi connectivity index (χ1n) is 4.63. The third kappa shape index (κ3) is 4.20. The number of hydrogen-bond acceptors (Lipinski definition) is 3. The molecule has 1 aromatic carbocycles. The summed E-state index contributed by atoms with van der Waals surface area (Å²) in [6.07, 6.45) is 0. The van der Waals surface area contributed by atoms with E-state index in [1.54, 1.807) is 12.1 Å². The van der Waals surface area contributed by atoms with Crippen molar-refractivity contribution < 1.29 is 19.4 Å². The number of nitrogens with one attached hydrogen (secondary N) is 2. The highest BCUT2D eigenvalue weighted by atomic mass is 35.5. The summed E-state index contributed by atoms with van der Waals surface area (Å²) in [6, 6.07) is 4.08. The standard InChI is InChI=1S/C10H11ClN2O4/c1-17-6-2-3-8(7(11)4-6)13-10(16)12-5-9(14)15/h2-4H,5H2,1H3,(H,14,15)(H2,12,13,16). The number of carboxylic acid groups (broad SMARTS) is 1. The minimum absolute atomic E-state index is 0.301. The number of methoxy groups -OCH3 is 1. The number of amides is 2. The van der Waals surface area contributed by atoms with Gasteiger partial charge in [-0.05, 0) is 12.1 Å². The maximum Gasteiger partial charge on any atom is 0.323 e. The van der Waals surface area contributed by atoms with Crippen LogP contribution in [0.25, 0.3) is 0 Å². The van der Waals surface area contributed by atoms with E-state index in [1.165, 1.54) is 13.2 Å². The van der Waals surface area contributed by atoms with Crippen LogP contribution >= 0.6 is 11.6 Å². The van der Waals surface area contributed by atoms with Gasteiger partial charge in [0.2, 0.25) is 0 Å². The number of benzene rings is 1. The Labute approximate surface area is 103 Å². The number of hydrogen-bond donors (Lipinski definition) is 3. The number of carbonyl (C=O) groups is 2. The number of halogens is 1. The normalized spacial score (nSPS) is 9.53. The van der Waals surface area contributed by atoms with Crippen LogP contribution < -0.4 is 15.4 Å². The highest BCUT2D eigenvalue weighted by molar-refractivity contribution is 6.33. The van der Waals surface area contributed by atoms with Gasteiger partial charge < -0.3 is 20.5 Å². The number of carboxylic acids is 1. The molecule has 1 aromatic rings. The summed E-state index contributed by atoms with van der Waals surface area (Å²) in [4.78, 5) is 21.5. The summed E-state index contributed by atoms with van der Waals surface area (Å²) in [5, 5.41) is 13.2. The summed E-state index contributed by atoms with van der Waals surface area (Å²) < 4.78 is 4.94.